The van der Waals surface area contributed by atoms with Gasteiger partial charge in [0.2, 0.25) is 5.96 Å². The zero-order chi connectivity index (χ0) is 15.9. The normalized spacial score (nSPS) is 13.7. The Kier molecular flexibility index (Phi) is 4.83. The number of hydrogen-bond acceptors (Lipinski definition) is 5. The van der Waals surface area contributed by atoms with Crippen LogP contribution in [0.5, 0.6) is 5.75 Å². The Balaban J connectivity index is 1.50. The highest BCUT2D eigenvalue weighted by molar-refractivity contribution is 5.84. The van der Waals surface area contributed by atoms with Crippen LogP contribution >= 0.6 is 0 Å². The number of aryl methyl sites for hydroxylation is 1. The minimum absolute atomic E-state index is 0.557. The molecule has 0 bridgehead atoms. The van der Waals surface area contributed by atoms with E-state index < -0.39 is 0 Å². The van der Waals surface area contributed by atoms with Crippen LogP contribution in [-0.2, 0) is 13.7 Å². The van der Waals surface area contributed by atoms with Gasteiger partial charge in [-0.25, -0.2) is 15.0 Å². The van der Waals surface area contributed by atoms with Crippen molar-refractivity contribution in [3.8, 4) is 5.75 Å². The molecule has 6 nitrogen and oxygen atoms in total. The van der Waals surface area contributed by atoms with Crippen molar-refractivity contribution >= 4 is 12.2 Å². The monoisotopic (exact) mass is 310 g/mol. The Morgan fingerprint density at radius 3 is 2.74 bits per heavy atom. The summed E-state index contributed by atoms with van der Waals surface area (Å²) in [6.07, 6.45) is 5.77. The Hall–Kier alpha value is -2.89. The molecule has 0 amide bonds. The number of rotatable bonds is 5. The van der Waals surface area contributed by atoms with Gasteiger partial charge in [-0.3, -0.25) is 0 Å². The van der Waals surface area contributed by atoms with Crippen molar-refractivity contribution in [2.45, 2.75) is 6.61 Å². The number of nitrogens with zero attached hydrogens (tertiary/aromatic N) is 3. The average Bonchev–Trinajstić information content (AvgIpc) is 3.09. The van der Waals surface area contributed by atoms with E-state index in [2.05, 4.69) is 20.8 Å². The summed E-state index contributed by atoms with van der Waals surface area (Å²) in [7, 11) is 2.00. The molecule has 0 unspecified atom stereocenters. The Morgan fingerprint density at radius 2 is 2.04 bits per heavy atom. The minimum atomic E-state index is 0.557. The van der Waals surface area contributed by atoms with Crippen molar-refractivity contribution in [1.29, 1.82) is 0 Å². The molecule has 1 aliphatic heterocycles. The van der Waals surface area contributed by atoms with Crippen molar-refractivity contribution in [3.05, 3.63) is 59.9 Å². The number of hydrazone groups is 1. The summed E-state index contributed by atoms with van der Waals surface area (Å²) in [6, 6.07) is 11.9. The summed E-state index contributed by atoms with van der Waals surface area (Å²) in [5.41, 5.74) is 5.01. The first-order valence-electron chi connectivity index (χ1n) is 7.54. The van der Waals surface area contributed by atoms with Gasteiger partial charge >= 0.3 is 0 Å². The van der Waals surface area contributed by atoms with Gasteiger partial charge < -0.3 is 10.1 Å². The molecule has 1 aromatic carbocycles. The fraction of sp³-hybridized carbons (Fsp3) is 0.235. The molecule has 0 spiro atoms. The van der Waals surface area contributed by atoms with Gasteiger partial charge in [-0.2, -0.15) is 5.10 Å². The molecule has 2 N–H and O–H groups in total. The summed E-state index contributed by atoms with van der Waals surface area (Å²) in [5, 5.41) is 7.24. The topological polar surface area (TPSA) is 61.9 Å². The second-order valence-electron chi connectivity index (χ2n) is 5.26. The summed E-state index contributed by atoms with van der Waals surface area (Å²) >= 11 is 0. The first-order chi connectivity index (χ1) is 11.3. The standard InChI is InChI=1S/C17H20N5O/c1-22-10-6-15(7-11-22)13-23-16-4-2-14(3-5-16)12-20-21-17-18-8-9-19-17/h2-7,10-12H,8-9,13H2,1H3,(H2,18,19,21)/q+1/b20-12+. The predicted octanol–water partition coefficient (Wildman–Crippen LogP) is 0.973. The molecule has 3 rings (SSSR count). The van der Waals surface area contributed by atoms with Crippen LogP contribution in [-0.4, -0.2) is 25.3 Å². The van der Waals surface area contributed by atoms with Crippen LogP contribution in [0.2, 0.25) is 0 Å². The predicted molar refractivity (Wildman–Crippen MR) is 89.4 cm³/mol. The lowest BCUT2D eigenvalue weighted by atomic mass is 10.2. The number of guanidine groups is 1. The van der Waals surface area contributed by atoms with E-state index in [4.69, 9.17) is 4.74 Å². The van der Waals surface area contributed by atoms with E-state index in [-0.39, 0.29) is 0 Å². The minimum Gasteiger partial charge on any atom is -0.489 e. The molecular weight excluding hydrogens is 290 g/mol. The quantitative estimate of drug-likeness (QED) is 0.491. The fourth-order valence-corrected chi connectivity index (χ4v) is 2.09. The van der Waals surface area contributed by atoms with Gasteiger partial charge in [-0.15, -0.1) is 0 Å². The van der Waals surface area contributed by atoms with Crippen LogP contribution in [0, 0.1) is 0 Å². The number of nitrogens with one attached hydrogen (secondary N) is 2. The summed E-state index contributed by atoms with van der Waals surface area (Å²) < 4.78 is 7.77. The molecular formula is C17H20N5O+. The van der Waals surface area contributed by atoms with Crippen molar-refractivity contribution in [2.24, 2.45) is 17.1 Å². The number of ether oxygens (including phenoxy) is 1. The van der Waals surface area contributed by atoms with Crippen molar-refractivity contribution < 1.29 is 9.30 Å². The third-order valence-electron chi connectivity index (χ3n) is 3.39. The fourth-order valence-electron chi connectivity index (χ4n) is 2.09. The zero-order valence-corrected chi connectivity index (χ0v) is 13.1. The maximum absolute atomic E-state index is 5.77. The average molecular weight is 310 g/mol. The maximum Gasteiger partial charge on any atom is 0.212 e. The lowest BCUT2D eigenvalue weighted by molar-refractivity contribution is -0.671. The third kappa shape index (κ3) is 4.54. The van der Waals surface area contributed by atoms with E-state index in [9.17, 15) is 0 Å². The van der Waals surface area contributed by atoms with Crippen LogP contribution in [0.25, 0.3) is 0 Å². The van der Waals surface area contributed by atoms with Gasteiger partial charge in [-0.1, -0.05) is 0 Å². The molecule has 0 saturated carbocycles. The summed E-state index contributed by atoms with van der Waals surface area (Å²) in [5.74, 6) is 1.56. The molecule has 118 valence electrons. The van der Waals surface area contributed by atoms with Crippen LogP contribution in [0.3, 0.4) is 0 Å². The lowest BCUT2D eigenvalue weighted by Gasteiger charge is -2.06. The molecule has 1 aromatic heterocycles. The summed E-state index contributed by atoms with van der Waals surface area (Å²) in [6.45, 7) is 2.22. The van der Waals surface area contributed by atoms with E-state index in [0.717, 1.165) is 35.9 Å². The molecule has 0 radical (unpaired) electrons. The Bertz CT molecular complexity index is 692. The van der Waals surface area contributed by atoms with Crippen molar-refractivity contribution in [3.63, 3.8) is 0 Å². The first kappa shape index (κ1) is 15.0. The highest BCUT2D eigenvalue weighted by Gasteiger charge is 2.01. The number of aliphatic imine (C=N–C) groups is 1. The molecule has 6 heteroatoms. The Labute approximate surface area is 135 Å². The first-order valence-corrected chi connectivity index (χ1v) is 7.54. The van der Waals surface area contributed by atoms with Crippen LogP contribution < -0.4 is 20.0 Å². The van der Waals surface area contributed by atoms with Gasteiger partial charge in [0.1, 0.15) is 19.4 Å². The Morgan fingerprint density at radius 1 is 1.26 bits per heavy atom. The van der Waals surface area contributed by atoms with E-state index in [1.165, 1.54) is 0 Å². The molecule has 23 heavy (non-hydrogen) atoms. The van der Waals surface area contributed by atoms with E-state index >= 15 is 0 Å². The zero-order valence-electron chi connectivity index (χ0n) is 13.1. The van der Waals surface area contributed by atoms with E-state index in [1.807, 2.05) is 60.4 Å². The molecule has 0 saturated heterocycles. The van der Waals surface area contributed by atoms with Crippen molar-refractivity contribution in [1.82, 2.24) is 10.7 Å². The second-order valence-corrected chi connectivity index (χ2v) is 5.26. The van der Waals surface area contributed by atoms with Gasteiger partial charge in [0.15, 0.2) is 12.4 Å². The molecule has 2 heterocycles. The second kappa shape index (κ2) is 7.40. The molecule has 1 aliphatic rings. The van der Waals surface area contributed by atoms with Gasteiger partial charge in [0.25, 0.3) is 0 Å². The molecule has 0 atom stereocenters. The van der Waals surface area contributed by atoms with Gasteiger partial charge in [0.05, 0.1) is 12.8 Å². The van der Waals surface area contributed by atoms with E-state index in [0.29, 0.717) is 6.61 Å². The number of aromatic nitrogens is 1. The molecule has 0 aliphatic carbocycles. The lowest BCUT2D eigenvalue weighted by Crippen LogP contribution is -2.30. The summed E-state index contributed by atoms with van der Waals surface area (Å²) in [4.78, 5) is 4.20. The highest BCUT2D eigenvalue weighted by atomic mass is 16.5. The van der Waals surface area contributed by atoms with Gasteiger partial charge in [-0.05, 0) is 29.8 Å². The van der Waals surface area contributed by atoms with Crippen LogP contribution in [0.4, 0.5) is 0 Å². The van der Waals surface area contributed by atoms with Gasteiger partial charge in [0, 0.05) is 24.2 Å². The largest absolute Gasteiger partial charge is 0.489 e. The third-order valence-corrected chi connectivity index (χ3v) is 3.39. The van der Waals surface area contributed by atoms with Crippen LogP contribution in [0.1, 0.15) is 11.1 Å². The van der Waals surface area contributed by atoms with Crippen molar-refractivity contribution in [2.75, 3.05) is 13.1 Å². The number of pyridine rings is 1. The van der Waals surface area contributed by atoms with E-state index in [1.54, 1.807) is 6.21 Å². The van der Waals surface area contributed by atoms with Crippen LogP contribution in [0.15, 0.2) is 58.9 Å². The maximum atomic E-state index is 5.77. The molecule has 2 aromatic rings. The smallest absolute Gasteiger partial charge is 0.212 e. The highest BCUT2D eigenvalue weighted by Crippen LogP contribution is 2.13. The molecule has 0 fully saturated rings. The number of hydrogen-bond donors (Lipinski definition) is 2. The number of benzene rings is 1. The SMILES string of the molecule is C[n+]1ccc(COc2ccc(/C=N/NC3=NCCN3)cc2)cc1.